The van der Waals surface area contributed by atoms with Crippen LogP contribution in [0.15, 0.2) is 41.8 Å². The average Bonchev–Trinajstić information content (AvgIpc) is 2.82. The van der Waals surface area contributed by atoms with Crippen molar-refractivity contribution in [1.29, 1.82) is 0 Å². The minimum absolute atomic E-state index is 0.0876. The number of rotatable bonds is 4. The van der Waals surface area contributed by atoms with Gasteiger partial charge in [0.15, 0.2) is 0 Å². The van der Waals surface area contributed by atoms with Gasteiger partial charge in [0.2, 0.25) is 0 Å². The van der Waals surface area contributed by atoms with E-state index in [0.717, 1.165) is 12.8 Å². The van der Waals surface area contributed by atoms with E-state index in [1.807, 2.05) is 0 Å². The summed E-state index contributed by atoms with van der Waals surface area (Å²) in [6, 6.07) is 12.8. The van der Waals surface area contributed by atoms with Crippen molar-refractivity contribution in [3.05, 3.63) is 57.8 Å². The average molecular weight is 251 g/mol. The highest BCUT2D eigenvalue weighted by Crippen LogP contribution is 2.27. The third kappa shape index (κ3) is 2.87. The van der Waals surface area contributed by atoms with E-state index in [9.17, 15) is 0 Å². The van der Waals surface area contributed by atoms with Crippen molar-refractivity contribution in [3.63, 3.8) is 0 Å². The quantitative estimate of drug-likeness (QED) is 0.682. The van der Waals surface area contributed by atoms with Gasteiger partial charge in [-0.25, -0.2) is 0 Å². The number of alkyl halides is 1. The zero-order valence-electron chi connectivity index (χ0n) is 9.32. The zero-order valence-corrected chi connectivity index (χ0v) is 10.9. The summed E-state index contributed by atoms with van der Waals surface area (Å²) < 4.78 is 0. The summed E-state index contributed by atoms with van der Waals surface area (Å²) in [4.78, 5) is 1.35. The summed E-state index contributed by atoms with van der Waals surface area (Å²) in [5.74, 6) is 0. The summed E-state index contributed by atoms with van der Waals surface area (Å²) in [6.45, 7) is 2.17. The van der Waals surface area contributed by atoms with Crippen molar-refractivity contribution in [1.82, 2.24) is 0 Å². The second-order valence-corrected chi connectivity index (χ2v) is 5.41. The number of hydrogen-bond acceptors (Lipinski definition) is 1. The molecule has 0 nitrogen and oxygen atoms in total. The van der Waals surface area contributed by atoms with Crippen LogP contribution in [0.3, 0.4) is 0 Å². The van der Waals surface area contributed by atoms with E-state index in [-0.39, 0.29) is 5.38 Å². The highest BCUT2D eigenvalue weighted by molar-refractivity contribution is 7.09. The van der Waals surface area contributed by atoms with E-state index in [4.69, 9.17) is 11.6 Å². The van der Waals surface area contributed by atoms with E-state index < -0.39 is 0 Å². The first-order chi connectivity index (χ1) is 7.79. The molecule has 1 unspecified atom stereocenters. The Morgan fingerprint density at radius 3 is 2.50 bits per heavy atom. The Labute approximate surface area is 106 Å². The van der Waals surface area contributed by atoms with Gasteiger partial charge in [0.05, 0.1) is 5.38 Å². The Kier molecular flexibility index (Phi) is 4.03. The Morgan fingerprint density at radius 2 is 1.94 bits per heavy atom. The molecule has 0 N–H and O–H groups in total. The molecule has 0 saturated heterocycles. The van der Waals surface area contributed by atoms with Crippen LogP contribution in [0, 0.1) is 0 Å². The summed E-state index contributed by atoms with van der Waals surface area (Å²) >= 11 is 8.17. The van der Waals surface area contributed by atoms with Gasteiger partial charge in [-0.3, -0.25) is 0 Å². The molecule has 1 atom stereocenters. The molecular formula is C14H15ClS. The lowest BCUT2D eigenvalue weighted by Gasteiger charge is -2.09. The highest BCUT2D eigenvalue weighted by Gasteiger charge is 2.09. The Balaban J connectivity index is 2.05. The van der Waals surface area contributed by atoms with Crippen LogP contribution in [0.1, 0.15) is 28.3 Å². The first-order valence-electron chi connectivity index (χ1n) is 5.55. The van der Waals surface area contributed by atoms with E-state index in [1.54, 1.807) is 11.3 Å². The molecule has 0 aliphatic heterocycles. The Bertz CT molecular complexity index is 417. The number of halogens is 1. The van der Waals surface area contributed by atoms with Gasteiger partial charge >= 0.3 is 0 Å². The van der Waals surface area contributed by atoms with Crippen LogP contribution >= 0.6 is 22.9 Å². The number of hydrogen-bond donors (Lipinski definition) is 0. The summed E-state index contributed by atoms with van der Waals surface area (Å²) in [7, 11) is 0. The Hall–Kier alpha value is -0.790. The fourth-order valence-electron chi connectivity index (χ4n) is 1.69. The first-order valence-corrected chi connectivity index (χ1v) is 6.86. The number of aryl methyl sites for hydroxylation is 1. The minimum atomic E-state index is 0.0876. The molecule has 1 heterocycles. The summed E-state index contributed by atoms with van der Waals surface area (Å²) in [5, 5.41) is 2.18. The first kappa shape index (κ1) is 11.7. The summed E-state index contributed by atoms with van der Waals surface area (Å²) in [5.41, 5.74) is 2.58. The van der Waals surface area contributed by atoms with Crippen molar-refractivity contribution in [2.75, 3.05) is 0 Å². The molecule has 16 heavy (non-hydrogen) atoms. The monoisotopic (exact) mass is 250 g/mol. The van der Waals surface area contributed by atoms with Crippen LogP contribution in [-0.2, 0) is 12.8 Å². The lowest BCUT2D eigenvalue weighted by atomic mass is 10.1. The normalized spacial score (nSPS) is 12.6. The topological polar surface area (TPSA) is 0 Å². The van der Waals surface area contributed by atoms with Gasteiger partial charge in [-0.2, -0.15) is 0 Å². The van der Waals surface area contributed by atoms with Crippen LogP contribution in [-0.4, -0.2) is 0 Å². The molecule has 0 aliphatic carbocycles. The maximum Gasteiger partial charge on any atom is 0.0633 e. The van der Waals surface area contributed by atoms with Crippen LogP contribution in [0.5, 0.6) is 0 Å². The van der Waals surface area contributed by atoms with Crippen molar-refractivity contribution >= 4 is 22.9 Å². The van der Waals surface area contributed by atoms with Crippen molar-refractivity contribution < 1.29 is 0 Å². The van der Waals surface area contributed by atoms with Crippen LogP contribution < -0.4 is 0 Å². The largest absolute Gasteiger partial charge is 0.149 e. The fourth-order valence-corrected chi connectivity index (χ4v) is 2.84. The maximum absolute atomic E-state index is 6.40. The second-order valence-electron chi connectivity index (χ2n) is 3.85. The fraction of sp³-hybridized carbons (Fsp3) is 0.286. The van der Waals surface area contributed by atoms with E-state index in [0.29, 0.717) is 0 Å². The molecule has 0 fully saturated rings. The van der Waals surface area contributed by atoms with Gasteiger partial charge in [-0.15, -0.1) is 22.9 Å². The molecule has 1 aromatic carbocycles. The molecule has 0 aliphatic rings. The molecule has 2 rings (SSSR count). The molecule has 0 saturated carbocycles. The molecule has 84 valence electrons. The van der Waals surface area contributed by atoms with Crippen LogP contribution in [0.25, 0.3) is 0 Å². The van der Waals surface area contributed by atoms with E-state index >= 15 is 0 Å². The van der Waals surface area contributed by atoms with Gasteiger partial charge < -0.3 is 0 Å². The molecule has 0 bridgehead atoms. The maximum atomic E-state index is 6.40. The van der Waals surface area contributed by atoms with Gasteiger partial charge in [-0.05, 0) is 29.0 Å². The standard InChI is InChI=1S/C14H15ClS/c1-2-11-5-7-12(8-6-11)14(15)10-13-4-3-9-16-13/h3-9,14H,2,10H2,1H3. The lowest BCUT2D eigenvalue weighted by Crippen LogP contribution is -1.94. The molecule has 0 spiro atoms. The minimum Gasteiger partial charge on any atom is -0.149 e. The van der Waals surface area contributed by atoms with Crippen molar-refractivity contribution in [2.24, 2.45) is 0 Å². The van der Waals surface area contributed by atoms with Gasteiger partial charge in [0, 0.05) is 11.3 Å². The van der Waals surface area contributed by atoms with E-state index in [1.165, 1.54) is 16.0 Å². The third-order valence-electron chi connectivity index (χ3n) is 2.71. The molecule has 1 aromatic heterocycles. The van der Waals surface area contributed by atoms with Crippen LogP contribution in [0.2, 0.25) is 0 Å². The predicted molar refractivity (Wildman–Crippen MR) is 72.4 cm³/mol. The van der Waals surface area contributed by atoms with Crippen molar-refractivity contribution in [3.8, 4) is 0 Å². The van der Waals surface area contributed by atoms with Crippen molar-refractivity contribution in [2.45, 2.75) is 25.1 Å². The molecule has 2 aromatic rings. The SMILES string of the molecule is CCc1ccc(C(Cl)Cc2cccs2)cc1. The summed E-state index contributed by atoms with van der Waals surface area (Å²) in [6.07, 6.45) is 2.00. The molecule has 2 heteroatoms. The smallest absolute Gasteiger partial charge is 0.0633 e. The second kappa shape index (κ2) is 5.51. The van der Waals surface area contributed by atoms with Crippen LogP contribution in [0.4, 0.5) is 0 Å². The predicted octanol–water partition coefficient (Wildman–Crippen LogP) is 4.83. The highest BCUT2D eigenvalue weighted by atomic mass is 35.5. The van der Waals surface area contributed by atoms with Gasteiger partial charge in [-0.1, -0.05) is 37.3 Å². The lowest BCUT2D eigenvalue weighted by molar-refractivity contribution is 0.935. The molecular weight excluding hydrogens is 236 g/mol. The molecule has 0 radical (unpaired) electrons. The molecule has 0 amide bonds. The van der Waals surface area contributed by atoms with Gasteiger partial charge in [0.25, 0.3) is 0 Å². The Morgan fingerprint density at radius 1 is 1.19 bits per heavy atom. The third-order valence-corrected chi connectivity index (χ3v) is 4.02. The number of benzene rings is 1. The van der Waals surface area contributed by atoms with Gasteiger partial charge in [0.1, 0.15) is 0 Å². The zero-order chi connectivity index (χ0) is 11.4. The number of thiophene rings is 1. The van der Waals surface area contributed by atoms with E-state index in [2.05, 4.69) is 48.7 Å².